The predicted octanol–water partition coefficient (Wildman–Crippen LogP) is 2.45. The van der Waals surface area contributed by atoms with Crippen molar-refractivity contribution in [3.05, 3.63) is 54.1 Å². The van der Waals surface area contributed by atoms with E-state index in [1.54, 1.807) is 36.7 Å². The lowest BCUT2D eigenvalue weighted by atomic mass is 10.1. The zero-order valence-corrected chi connectivity index (χ0v) is 9.05. The second-order valence-electron chi connectivity index (χ2n) is 3.45. The van der Waals surface area contributed by atoms with Gasteiger partial charge in [-0.15, -0.1) is 0 Å². The minimum atomic E-state index is -0.591. The molecular weight excluding hydrogens is 219 g/mol. The largest absolute Gasteiger partial charge is 0.389 e. The van der Waals surface area contributed by atoms with Crippen LogP contribution in [0.4, 0.5) is 4.39 Å². The third kappa shape index (κ3) is 2.95. The van der Waals surface area contributed by atoms with Gasteiger partial charge in [-0.2, -0.15) is 0 Å². The summed E-state index contributed by atoms with van der Waals surface area (Å²) in [6.45, 7) is -0.591. The number of aliphatic hydroxyl groups excluding tert-OH is 1. The van der Waals surface area contributed by atoms with Crippen LogP contribution in [0.15, 0.2) is 48.6 Å². The summed E-state index contributed by atoms with van der Waals surface area (Å²) in [5.74, 6) is 0.0169. The molecule has 4 heteroatoms. The summed E-state index contributed by atoms with van der Waals surface area (Å²) in [5, 5.41) is 8.61. The van der Waals surface area contributed by atoms with Gasteiger partial charge < -0.3 is 5.11 Å². The predicted molar refractivity (Wildman–Crippen MR) is 63.6 cm³/mol. The molecule has 2 rings (SSSR count). The van der Waals surface area contributed by atoms with E-state index in [0.29, 0.717) is 11.4 Å². The van der Waals surface area contributed by atoms with Crippen molar-refractivity contribution in [3.8, 4) is 11.4 Å². The van der Waals surface area contributed by atoms with Crippen LogP contribution < -0.4 is 0 Å². The highest BCUT2D eigenvalue weighted by atomic mass is 19.1. The summed E-state index contributed by atoms with van der Waals surface area (Å²) in [4.78, 5) is 8.23. The highest BCUT2D eigenvalue weighted by Crippen LogP contribution is 2.17. The average Bonchev–Trinajstić information content (AvgIpc) is 2.40. The van der Waals surface area contributed by atoms with Crippen LogP contribution in [0.25, 0.3) is 17.5 Å². The summed E-state index contributed by atoms with van der Waals surface area (Å²) >= 11 is 0. The third-order valence-corrected chi connectivity index (χ3v) is 2.18. The van der Waals surface area contributed by atoms with Crippen molar-refractivity contribution in [1.82, 2.24) is 9.97 Å². The van der Waals surface area contributed by atoms with Crippen molar-refractivity contribution in [2.75, 3.05) is 6.61 Å². The molecule has 0 unspecified atom stereocenters. The van der Waals surface area contributed by atoms with Gasteiger partial charge >= 0.3 is 0 Å². The molecule has 0 bridgehead atoms. The minimum absolute atomic E-state index is 0.573. The fourth-order valence-corrected chi connectivity index (χ4v) is 1.44. The maximum Gasteiger partial charge on any atom is 0.159 e. The zero-order chi connectivity index (χ0) is 12.1. The molecule has 3 nitrogen and oxygen atoms in total. The summed E-state index contributed by atoms with van der Waals surface area (Å²) in [7, 11) is 0. The maximum absolute atomic E-state index is 12.9. The number of nitrogens with zero attached hydrogens (tertiary/aromatic N) is 2. The van der Waals surface area contributed by atoms with Crippen molar-refractivity contribution in [2.45, 2.75) is 0 Å². The Morgan fingerprint density at radius 2 is 2.00 bits per heavy atom. The van der Waals surface area contributed by atoms with Crippen LogP contribution in [0.5, 0.6) is 0 Å². The lowest BCUT2D eigenvalue weighted by Gasteiger charge is -2.01. The molecule has 0 aliphatic heterocycles. The molecular formula is C13H11FN2O. The number of benzene rings is 1. The van der Waals surface area contributed by atoms with E-state index in [9.17, 15) is 4.39 Å². The molecule has 0 spiro atoms. The Bertz CT molecular complexity index is 526. The fraction of sp³-hybridized carbons (Fsp3) is 0.0769. The normalized spacial score (nSPS) is 11.5. The van der Waals surface area contributed by atoms with Crippen LogP contribution in [-0.2, 0) is 0 Å². The number of aliphatic hydroxyl groups is 1. The van der Waals surface area contributed by atoms with E-state index in [4.69, 9.17) is 5.11 Å². The van der Waals surface area contributed by atoms with Crippen LogP contribution in [0, 0.1) is 0 Å². The van der Waals surface area contributed by atoms with E-state index in [0.717, 1.165) is 5.56 Å². The summed E-state index contributed by atoms with van der Waals surface area (Å²) in [6, 6.07) is 8.90. The van der Waals surface area contributed by atoms with Crippen LogP contribution in [-0.4, -0.2) is 21.7 Å². The highest BCUT2D eigenvalue weighted by Gasteiger charge is 2.00. The number of halogens is 1. The molecule has 2 aromatic rings. The van der Waals surface area contributed by atoms with Gasteiger partial charge in [-0.05, 0) is 23.8 Å². The maximum atomic E-state index is 12.9. The molecule has 0 aliphatic rings. The summed E-state index contributed by atoms with van der Waals surface area (Å²) in [5.41, 5.74) is 1.48. The lowest BCUT2D eigenvalue weighted by Crippen LogP contribution is -1.88. The molecule has 0 fully saturated rings. The molecule has 0 aliphatic carbocycles. The van der Waals surface area contributed by atoms with Crippen molar-refractivity contribution in [1.29, 1.82) is 0 Å². The Morgan fingerprint density at radius 1 is 1.24 bits per heavy atom. The van der Waals surface area contributed by atoms with Crippen molar-refractivity contribution in [3.63, 3.8) is 0 Å². The topological polar surface area (TPSA) is 46.0 Å². The molecule has 0 radical (unpaired) electrons. The second-order valence-corrected chi connectivity index (χ2v) is 3.45. The molecule has 1 N–H and O–H groups in total. The van der Waals surface area contributed by atoms with E-state index < -0.39 is 12.4 Å². The molecule has 0 saturated carbocycles. The van der Waals surface area contributed by atoms with Gasteiger partial charge in [-0.3, -0.25) is 0 Å². The quantitative estimate of drug-likeness (QED) is 0.880. The van der Waals surface area contributed by atoms with E-state index >= 15 is 0 Å². The zero-order valence-electron chi connectivity index (χ0n) is 9.05. The third-order valence-electron chi connectivity index (χ3n) is 2.18. The molecule has 1 aromatic carbocycles. The van der Waals surface area contributed by atoms with Gasteiger partial charge in [0.2, 0.25) is 0 Å². The van der Waals surface area contributed by atoms with E-state index in [2.05, 4.69) is 9.97 Å². The molecule has 1 aromatic heterocycles. The minimum Gasteiger partial charge on any atom is -0.389 e. The molecule has 0 saturated heterocycles. The Kier molecular flexibility index (Phi) is 3.57. The van der Waals surface area contributed by atoms with Gasteiger partial charge in [0.1, 0.15) is 5.83 Å². The van der Waals surface area contributed by atoms with Gasteiger partial charge in [0.15, 0.2) is 5.82 Å². The first-order chi connectivity index (χ1) is 8.29. The summed E-state index contributed by atoms with van der Waals surface area (Å²) in [6.07, 6.45) is 4.59. The van der Waals surface area contributed by atoms with Crippen molar-refractivity contribution >= 4 is 6.08 Å². The van der Waals surface area contributed by atoms with Crippen LogP contribution in [0.2, 0.25) is 0 Å². The van der Waals surface area contributed by atoms with Crippen LogP contribution in [0.3, 0.4) is 0 Å². The Hall–Kier alpha value is -2.07. The Balaban J connectivity index is 2.36. The Morgan fingerprint density at radius 3 is 2.71 bits per heavy atom. The first-order valence-corrected chi connectivity index (χ1v) is 5.14. The summed E-state index contributed by atoms with van der Waals surface area (Å²) < 4.78 is 12.9. The first kappa shape index (κ1) is 11.4. The van der Waals surface area contributed by atoms with Gasteiger partial charge in [-0.1, -0.05) is 18.2 Å². The van der Waals surface area contributed by atoms with Crippen LogP contribution in [0.1, 0.15) is 5.56 Å². The fourth-order valence-electron chi connectivity index (χ4n) is 1.44. The van der Waals surface area contributed by atoms with E-state index in [-0.39, 0.29) is 0 Å². The molecule has 0 atom stereocenters. The van der Waals surface area contributed by atoms with Gasteiger partial charge in [0.25, 0.3) is 0 Å². The second kappa shape index (κ2) is 5.32. The SMILES string of the molecule is OCC(F)=Cc1cccc(-c2ncccn2)c1. The number of hydrogen-bond acceptors (Lipinski definition) is 3. The van der Waals surface area contributed by atoms with E-state index in [1.807, 2.05) is 6.07 Å². The van der Waals surface area contributed by atoms with Crippen LogP contribution >= 0.6 is 0 Å². The highest BCUT2D eigenvalue weighted by molar-refractivity contribution is 5.62. The van der Waals surface area contributed by atoms with Crippen molar-refractivity contribution < 1.29 is 9.50 Å². The van der Waals surface area contributed by atoms with Gasteiger partial charge in [-0.25, -0.2) is 14.4 Å². The monoisotopic (exact) mass is 230 g/mol. The average molecular weight is 230 g/mol. The molecule has 17 heavy (non-hydrogen) atoms. The first-order valence-electron chi connectivity index (χ1n) is 5.14. The van der Waals surface area contributed by atoms with E-state index in [1.165, 1.54) is 6.08 Å². The van der Waals surface area contributed by atoms with Gasteiger partial charge in [0.05, 0.1) is 6.61 Å². The molecule has 1 heterocycles. The van der Waals surface area contributed by atoms with Crippen molar-refractivity contribution in [2.24, 2.45) is 0 Å². The number of rotatable bonds is 3. The van der Waals surface area contributed by atoms with Gasteiger partial charge in [0, 0.05) is 18.0 Å². The molecule has 86 valence electrons. The standard InChI is InChI=1S/C13H11FN2O/c14-12(9-17)8-10-3-1-4-11(7-10)13-15-5-2-6-16-13/h1-8,17H,9H2. The lowest BCUT2D eigenvalue weighted by molar-refractivity contribution is 0.300. The molecule has 0 amide bonds. The smallest absolute Gasteiger partial charge is 0.159 e. The Labute approximate surface area is 98.3 Å². The number of aromatic nitrogens is 2. The number of hydrogen-bond donors (Lipinski definition) is 1.